The average molecular weight is 513 g/mol. The van der Waals surface area contributed by atoms with Gasteiger partial charge in [0.25, 0.3) is 0 Å². The maximum absolute atomic E-state index is 13.4. The molecule has 0 saturated heterocycles. The molecule has 8 nitrogen and oxygen atoms in total. The first kappa shape index (κ1) is 25.9. The fourth-order valence-electron chi connectivity index (χ4n) is 4.18. The first-order chi connectivity index (χ1) is 16.0. The Balaban J connectivity index is 2.07. The van der Waals surface area contributed by atoms with E-state index in [4.69, 9.17) is 42.1 Å². The summed E-state index contributed by atoms with van der Waals surface area (Å²) in [6.45, 7) is 6.21. The quantitative estimate of drug-likeness (QED) is 0.546. The van der Waals surface area contributed by atoms with Gasteiger partial charge in [-0.1, -0.05) is 30.1 Å². The molecule has 1 aromatic rings. The fraction of sp³-hybridized carbons (Fsp3) is 0.458. The molecule has 1 aromatic carbocycles. The first-order valence-electron chi connectivity index (χ1n) is 10.7. The number of esters is 2. The van der Waals surface area contributed by atoms with Crippen LogP contribution in [0, 0.1) is 12.8 Å². The molecule has 1 aliphatic carbocycles. The molecule has 10 heteroatoms. The highest BCUT2D eigenvalue weighted by atomic mass is 35.5. The van der Waals surface area contributed by atoms with E-state index in [-0.39, 0.29) is 33.5 Å². The first-order valence-corrected chi connectivity index (χ1v) is 11.5. The van der Waals surface area contributed by atoms with E-state index in [0.717, 1.165) is 12.2 Å². The Kier molecular flexibility index (Phi) is 7.53. The van der Waals surface area contributed by atoms with Crippen molar-refractivity contribution in [1.82, 2.24) is 0 Å². The lowest BCUT2D eigenvalue weighted by atomic mass is 9.74. The van der Waals surface area contributed by atoms with Crippen LogP contribution in [0.2, 0.25) is 10.0 Å². The Morgan fingerprint density at radius 2 is 1.94 bits per heavy atom. The summed E-state index contributed by atoms with van der Waals surface area (Å²) < 4.78 is 22.3. The molecular weight excluding hydrogens is 487 g/mol. The summed E-state index contributed by atoms with van der Waals surface area (Å²) in [4.78, 5) is 38.6. The van der Waals surface area contributed by atoms with Crippen molar-refractivity contribution in [2.24, 2.45) is 5.92 Å². The molecule has 1 heterocycles. The lowest BCUT2D eigenvalue weighted by molar-refractivity contribution is -0.175. The Bertz CT molecular complexity index is 1110. The van der Waals surface area contributed by atoms with Crippen LogP contribution in [0.25, 0.3) is 0 Å². The highest BCUT2D eigenvalue weighted by Gasteiger charge is 2.55. The van der Waals surface area contributed by atoms with Crippen LogP contribution in [-0.4, -0.2) is 48.3 Å². The minimum absolute atomic E-state index is 0.144. The number of benzene rings is 1. The molecule has 3 rings (SSSR count). The second-order valence-corrected chi connectivity index (χ2v) is 9.08. The summed E-state index contributed by atoms with van der Waals surface area (Å²) in [6, 6.07) is 0. The number of rotatable bonds is 6. The van der Waals surface area contributed by atoms with E-state index in [0.29, 0.717) is 12.0 Å². The van der Waals surface area contributed by atoms with Crippen LogP contribution in [0.5, 0.6) is 11.5 Å². The summed E-state index contributed by atoms with van der Waals surface area (Å²) in [6.07, 6.45) is 3.57. The van der Waals surface area contributed by atoms with E-state index in [9.17, 15) is 19.5 Å². The van der Waals surface area contributed by atoms with Gasteiger partial charge in [-0.15, -0.1) is 0 Å². The van der Waals surface area contributed by atoms with Crippen LogP contribution < -0.4 is 4.74 Å². The Morgan fingerprint density at radius 3 is 2.53 bits per heavy atom. The topological polar surface area (TPSA) is 108 Å². The number of ketones is 1. The summed E-state index contributed by atoms with van der Waals surface area (Å²) in [7, 11) is 1.26. The third kappa shape index (κ3) is 4.49. The number of ether oxygens (including phenoxy) is 4. The van der Waals surface area contributed by atoms with E-state index >= 15 is 0 Å². The average Bonchev–Trinajstić information content (AvgIpc) is 2.77. The van der Waals surface area contributed by atoms with Gasteiger partial charge in [0.2, 0.25) is 11.4 Å². The molecule has 0 spiro atoms. The number of phenolic OH excluding ortho intramolecular Hbond substituents is 1. The van der Waals surface area contributed by atoms with Crippen molar-refractivity contribution in [2.75, 3.05) is 13.7 Å². The predicted molar refractivity (Wildman–Crippen MR) is 124 cm³/mol. The van der Waals surface area contributed by atoms with E-state index in [1.54, 1.807) is 6.08 Å². The van der Waals surface area contributed by atoms with Gasteiger partial charge in [-0.25, -0.2) is 4.79 Å². The van der Waals surface area contributed by atoms with E-state index in [1.807, 2.05) is 6.92 Å². The van der Waals surface area contributed by atoms with Crippen LogP contribution in [0.4, 0.5) is 0 Å². The molecule has 0 amide bonds. The second-order valence-electron chi connectivity index (χ2n) is 8.32. The van der Waals surface area contributed by atoms with Gasteiger partial charge in [-0.05, 0) is 43.6 Å². The highest BCUT2D eigenvalue weighted by molar-refractivity contribution is 6.39. The normalized spacial score (nSPS) is 23.8. The molecule has 2 aliphatic rings. The van der Waals surface area contributed by atoms with E-state index < -0.39 is 41.1 Å². The molecule has 0 unspecified atom stereocenters. The van der Waals surface area contributed by atoms with Crippen molar-refractivity contribution < 1.29 is 38.4 Å². The zero-order chi connectivity index (χ0) is 25.4. The largest absolute Gasteiger partial charge is 0.505 e. The number of methoxy groups -OCH3 is 1. The van der Waals surface area contributed by atoms with Crippen molar-refractivity contribution in [3.63, 3.8) is 0 Å². The van der Waals surface area contributed by atoms with Crippen LogP contribution in [0.15, 0.2) is 23.5 Å². The molecule has 0 saturated carbocycles. The second kappa shape index (κ2) is 9.88. The molecular formula is C24H26Cl2O8. The number of fused-ring (bicyclic) bond motifs is 1. The Hall–Kier alpha value is -2.71. The molecule has 0 radical (unpaired) electrons. The van der Waals surface area contributed by atoms with Crippen LogP contribution >= 0.6 is 23.2 Å². The number of hydrogen-bond acceptors (Lipinski definition) is 8. The Labute approximate surface area is 207 Å². The van der Waals surface area contributed by atoms with E-state index in [2.05, 4.69) is 0 Å². The predicted octanol–water partition coefficient (Wildman–Crippen LogP) is 4.70. The number of phenols is 1. The summed E-state index contributed by atoms with van der Waals surface area (Å²) in [5.41, 5.74) is -1.25. The Morgan fingerprint density at radius 1 is 1.26 bits per heavy atom. The molecule has 0 fully saturated rings. The van der Waals surface area contributed by atoms with Crippen LogP contribution in [0.1, 0.15) is 49.5 Å². The lowest BCUT2D eigenvalue weighted by Gasteiger charge is -2.43. The highest BCUT2D eigenvalue weighted by Crippen LogP contribution is 2.46. The summed E-state index contributed by atoms with van der Waals surface area (Å²) in [5.74, 6) is -2.60. The SMILES string of the molecule is CCCC1=CC2=CC(=O)[C@](C)(OC(=O)c3c(C)c(Cl)c(O)c(Cl)c3OC)[C@@H](OC(C)=O)[C@@H]2CO1. The zero-order valence-corrected chi connectivity index (χ0v) is 21.0. The number of carbonyl (C=O) groups excluding carboxylic acids is 3. The number of allylic oxidation sites excluding steroid dienone is 2. The van der Waals surface area contributed by atoms with Gasteiger partial charge >= 0.3 is 11.9 Å². The van der Waals surface area contributed by atoms with Gasteiger partial charge in [0.15, 0.2) is 17.6 Å². The smallest absolute Gasteiger partial charge is 0.343 e. The number of carbonyl (C=O) groups is 3. The molecule has 3 atom stereocenters. The maximum Gasteiger partial charge on any atom is 0.343 e. The minimum atomic E-state index is -1.87. The molecule has 1 aliphatic heterocycles. The monoisotopic (exact) mass is 512 g/mol. The van der Waals surface area contributed by atoms with Gasteiger partial charge in [-0.3, -0.25) is 9.59 Å². The van der Waals surface area contributed by atoms with Crippen LogP contribution in [0.3, 0.4) is 0 Å². The van der Waals surface area contributed by atoms with Crippen LogP contribution in [-0.2, 0) is 23.8 Å². The van der Waals surface area contributed by atoms with Crippen molar-refractivity contribution in [3.05, 3.63) is 44.7 Å². The molecule has 184 valence electrons. The molecule has 1 N–H and O–H groups in total. The lowest BCUT2D eigenvalue weighted by Crippen LogP contribution is -2.58. The van der Waals surface area contributed by atoms with Gasteiger partial charge < -0.3 is 24.1 Å². The van der Waals surface area contributed by atoms with Gasteiger partial charge in [0.05, 0.1) is 30.4 Å². The molecule has 0 aromatic heterocycles. The number of aromatic hydroxyl groups is 1. The van der Waals surface area contributed by atoms with Gasteiger partial charge in [0.1, 0.15) is 10.6 Å². The third-order valence-electron chi connectivity index (χ3n) is 5.95. The van der Waals surface area contributed by atoms with Crippen molar-refractivity contribution >= 4 is 40.9 Å². The third-order valence-corrected chi connectivity index (χ3v) is 6.76. The van der Waals surface area contributed by atoms with Crippen molar-refractivity contribution in [2.45, 2.75) is 52.2 Å². The van der Waals surface area contributed by atoms with Gasteiger partial charge in [0, 0.05) is 13.3 Å². The van der Waals surface area contributed by atoms with Gasteiger partial charge in [-0.2, -0.15) is 0 Å². The molecule has 0 bridgehead atoms. The maximum atomic E-state index is 13.4. The summed E-state index contributed by atoms with van der Waals surface area (Å²) in [5, 5.41) is 9.67. The summed E-state index contributed by atoms with van der Waals surface area (Å²) >= 11 is 12.2. The zero-order valence-electron chi connectivity index (χ0n) is 19.5. The number of hydrogen-bond donors (Lipinski definition) is 1. The molecule has 34 heavy (non-hydrogen) atoms. The van der Waals surface area contributed by atoms with E-state index in [1.165, 1.54) is 34.0 Å². The number of halogens is 2. The van der Waals surface area contributed by atoms with Crippen molar-refractivity contribution in [3.8, 4) is 11.5 Å². The minimum Gasteiger partial charge on any atom is -0.505 e. The fourth-order valence-corrected chi connectivity index (χ4v) is 4.69. The standard InChI is InChI=1S/C24H26Cl2O8/c1-6-7-14-8-13-9-16(28)24(4,22(33-12(3)27)15(13)10-32-14)34-23(30)17-11(2)18(25)20(29)19(26)21(17)31-5/h8-9,15,22,29H,6-7,10H2,1-5H3/t15-,22+,24+/m1/s1. The van der Waals surface area contributed by atoms with Crippen molar-refractivity contribution in [1.29, 1.82) is 0 Å².